The predicted molar refractivity (Wildman–Crippen MR) is 172 cm³/mol. The van der Waals surface area contributed by atoms with E-state index in [1.807, 2.05) is 0 Å². The molecule has 7 rings (SSSR count). The van der Waals surface area contributed by atoms with Crippen molar-refractivity contribution in [2.75, 3.05) is 20.3 Å². The van der Waals surface area contributed by atoms with Gasteiger partial charge in [-0.2, -0.15) is 0 Å². The lowest BCUT2D eigenvalue weighted by molar-refractivity contribution is -0.362. The molecule has 284 valence electrons. The fourth-order valence-corrected chi connectivity index (χ4v) is 11.7. The van der Waals surface area contributed by atoms with E-state index in [1.54, 1.807) is 6.92 Å². The molecule has 0 radical (unpaired) electrons. The van der Waals surface area contributed by atoms with E-state index in [-0.39, 0.29) is 41.8 Å². The van der Waals surface area contributed by atoms with Crippen LogP contribution in [0.1, 0.15) is 72.1 Å². The van der Waals surface area contributed by atoms with Crippen LogP contribution in [0.15, 0.2) is 11.6 Å². The zero-order chi connectivity index (χ0) is 35.9. The van der Waals surface area contributed by atoms with Gasteiger partial charge in [0.1, 0.15) is 49.3 Å². The lowest BCUT2D eigenvalue weighted by Crippen LogP contribution is -2.64. The van der Waals surface area contributed by atoms with Crippen LogP contribution >= 0.6 is 0 Å². The van der Waals surface area contributed by atoms with E-state index in [4.69, 9.17) is 28.4 Å². The number of hydrogen-bond acceptors (Lipinski definition) is 14. The second kappa shape index (κ2) is 13.5. The number of cyclic esters (lactones) is 1. The molecule has 14 heteroatoms. The minimum atomic E-state index is -1.61. The smallest absolute Gasteiger partial charge is 0.331 e. The highest BCUT2D eigenvalue weighted by molar-refractivity contribution is 5.85. The first-order chi connectivity index (χ1) is 23.7. The van der Waals surface area contributed by atoms with Crippen LogP contribution in [0.5, 0.6) is 0 Å². The van der Waals surface area contributed by atoms with Crippen molar-refractivity contribution in [2.45, 2.75) is 151 Å². The number of aliphatic hydroxyl groups excluding tert-OH is 6. The Morgan fingerprint density at radius 3 is 2.30 bits per heavy atom. The van der Waals surface area contributed by atoms with Gasteiger partial charge in [-0.3, -0.25) is 0 Å². The summed E-state index contributed by atoms with van der Waals surface area (Å²) in [6, 6.07) is 0. The van der Waals surface area contributed by atoms with Gasteiger partial charge in [-0.15, -0.1) is 0 Å². The molecule has 4 aliphatic carbocycles. The van der Waals surface area contributed by atoms with Gasteiger partial charge in [-0.05, 0) is 80.6 Å². The number of carbonyl (C=O) groups is 1. The van der Waals surface area contributed by atoms with Crippen molar-refractivity contribution in [3.05, 3.63) is 11.6 Å². The maximum atomic E-state index is 12.5. The Labute approximate surface area is 292 Å². The van der Waals surface area contributed by atoms with Crippen LogP contribution in [0.25, 0.3) is 0 Å². The summed E-state index contributed by atoms with van der Waals surface area (Å²) in [5.74, 6) is -0.0506. The number of carbonyl (C=O) groups excluding carboxylic acids is 1. The van der Waals surface area contributed by atoms with E-state index in [1.165, 1.54) is 13.2 Å². The summed E-state index contributed by atoms with van der Waals surface area (Å²) in [5.41, 5.74) is -0.841. The SMILES string of the molecule is CO[C@@H]1[C@@H](O)[C@@H](O[C@H]2CC[C@@]3(C)[C@H](CC[C@@H]4[C@@H]3CC[C@]3(C)[C@@H](C5=CC(=O)OC5)[C@@H](O)C[C@]43O)C2)O[C@@H](C)[C@@H]1O[C@@H]1O[C@@H](CO)[C@H](O)[C@H](O)[C@H]1O. The number of methoxy groups -OCH3 is 1. The normalized spacial score (nSPS) is 55.1. The van der Waals surface area contributed by atoms with E-state index >= 15 is 0 Å². The summed E-state index contributed by atoms with van der Waals surface area (Å²) in [4.78, 5) is 11.9. The molecule has 7 aliphatic rings. The van der Waals surface area contributed by atoms with Crippen molar-refractivity contribution in [1.82, 2.24) is 0 Å². The highest BCUT2D eigenvalue weighted by Crippen LogP contribution is 2.70. The lowest BCUT2D eigenvalue weighted by Gasteiger charge is -2.63. The van der Waals surface area contributed by atoms with E-state index < -0.39 is 85.1 Å². The van der Waals surface area contributed by atoms with Gasteiger partial charge in [-0.25, -0.2) is 4.79 Å². The highest BCUT2D eigenvalue weighted by Gasteiger charge is 2.70. The van der Waals surface area contributed by atoms with Gasteiger partial charge in [0.05, 0.1) is 30.5 Å². The average molecular weight is 713 g/mol. The molecule has 14 nitrogen and oxygen atoms in total. The summed E-state index contributed by atoms with van der Waals surface area (Å²) in [6.45, 7) is 5.74. The van der Waals surface area contributed by atoms with Crippen molar-refractivity contribution in [3.63, 3.8) is 0 Å². The molecule has 4 saturated carbocycles. The summed E-state index contributed by atoms with van der Waals surface area (Å²) < 4.78 is 35.0. The van der Waals surface area contributed by atoms with Gasteiger partial charge in [0.15, 0.2) is 12.6 Å². The summed E-state index contributed by atoms with van der Waals surface area (Å²) in [5, 5.41) is 75.7. The van der Waals surface area contributed by atoms with Crippen LogP contribution in [-0.2, 0) is 33.2 Å². The molecule has 0 bridgehead atoms. The van der Waals surface area contributed by atoms with Gasteiger partial charge in [-0.1, -0.05) is 13.8 Å². The van der Waals surface area contributed by atoms with Crippen LogP contribution < -0.4 is 0 Å². The van der Waals surface area contributed by atoms with E-state index in [2.05, 4.69) is 13.8 Å². The number of ether oxygens (including phenoxy) is 6. The van der Waals surface area contributed by atoms with Gasteiger partial charge < -0.3 is 64.2 Å². The molecule has 50 heavy (non-hydrogen) atoms. The standard InChI is InChI=1S/C36H56O14/c1-16-30(50-32-28(42)27(41)26(40)23(14-37)49-32)31(45-4)29(43)33(47-16)48-19-7-9-34(2)18(12-19)5-6-21-20(34)8-10-35(3)25(17-11-24(39)46-15-17)22(38)13-36(21,35)44/h11,16,18-23,25-33,37-38,40-44H,5-10,12-15H2,1-4H3/t16-,18+,19-,20-,21+,22-,23-,25-,26-,27-,28+,29+,30-,31+,32-,33+,34-,35+,36-/m0/s1. The average Bonchev–Trinajstić information content (AvgIpc) is 3.59. The lowest BCUT2D eigenvalue weighted by atomic mass is 9.43. The van der Waals surface area contributed by atoms with Crippen molar-refractivity contribution < 1.29 is 69.0 Å². The van der Waals surface area contributed by atoms with Crippen molar-refractivity contribution >= 4 is 5.97 Å². The number of aliphatic hydroxyl groups is 7. The van der Waals surface area contributed by atoms with Crippen LogP contribution in [0.3, 0.4) is 0 Å². The number of hydrogen-bond donors (Lipinski definition) is 7. The molecule has 3 heterocycles. The third-order valence-corrected chi connectivity index (χ3v) is 14.4. The number of rotatable bonds is 7. The van der Waals surface area contributed by atoms with E-state index in [9.17, 15) is 40.5 Å². The maximum Gasteiger partial charge on any atom is 0.331 e. The molecule has 0 unspecified atom stereocenters. The van der Waals surface area contributed by atoms with Crippen LogP contribution in [0.4, 0.5) is 0 Å². The monoisotopic (exact) mass is 712 g/mol. The van der Waals surface area contributed by atoms with Gasteiger partial charge >= 0.3 is 5.97 Å². The van der Waals surface area contributed by atoms with Gasteiger partial charge in [0.25, 0.3) is 0 Å². The van der Waals surface area contributed by atoms with E-state index in [0.29, 0.717) is 12.3 Å². The third kappa shape index (κ3) is 5.72. The van der Waals surface area contributed by atoms with Crippen molar-refractivity contribution in [2.24, 2.45) is 34.5 Å². The molecule has 0 aromatic carbocycles. The Hall–Kier alpha value is -1.27. The zero-order valence-corrected chi connectivity index (χ0v) is 29.4. The Bertz CT molecular complexity index is 1300. The molecule has 3 aliphatic heterocycles. The molecular weight excluding hydrogens is 656 g/mol. The van der Waals surface area contributed by atoms with Gasteiger partial charge in [0.2, 0.25) is 0 Å². The molecule has 19 atom stereocenters. The minimum Gasteiger partial charge on any atom is -0.458 e. The molecule has 0 aromatic heterocycles. The quantitative estimate of drug-likeness (QED) is 0.136. The Kier molecular flexibility index (Phi) is 10.0. The fourth-order valence-electron chi connectivity index (χ4n) is 11.7. The zero-order valence-electron chi connectivity index (χ0n) is 29.4. The first kappa shape index (κ1) is 37.1. The second-order valence-electron chi connectivity index (χ2n) is 16.7. The first-order valence-corrected chi connectivity index (χ1v) is 18.4. The highest BCUT2D eigenvalue weighted by atomic mass is 16.7. The van der Waals surface area contributed by atoms with Crippen LogP contribution in [0, 0.1) is 34.5 Å². The first-order valence-electron chi connectivity index (χ1n) is 18.4. The summed E-state index contributed by atoms with van der Waals surface area (Å²) in [6.07, 6.45) is -5.43. The fraction of sp³-hybridized carbons (Fsp3) is 0.917. The molecular formula is C36H56O14. The van der Waals surface area contributed by atoms with Gasteiger partial charge in [0, 0.05) is 30.9 Å². The molecule has 6 fully saturated rings. The van der Waals surface area contributed by atoms with Crippen molar-refractivity contribution in [1.29, 1.82) is 0 Å². The van der Waals surface area contributed by atoms with Crippen LogP contribution in [-0.4, -0.2) is 141 Å². The van der Waals surface area contributed by atoms with Crippen LogP contribution in [0.2, 0.25) is 0 Å². The predicted octanol–water partition coefficient (Wildman–Crippen LogP) is -0.0948. The molecule has 2 saturated heterocycles. The number of fused-ring (bicyclic) bond motifs is 5. The third-order valence-electron chi connectivity index (χ3n) is 14.4. The molecule has 7 N–H and O–H groups in total. The minimum absolute atomic E-state index is 0.0330. The summed E-state index contributed by atoms with van der Waals surface area (Å²) in [7, 11) is 1.42. The topological polar surface area (TPSA) is 214 Å². The molecule has 0 aromatic rings. The van der Waals surface area contributed by atoms with Crippen molar-refractivity contribution in [3.8, 4) is 0 Å². The second-order valence-corrected chi connectivity index (χ2v) is 16.7. The van der Waals surface area contributed by atoms with E-state index in [0.717, 1.165) is 50.5 Å². The largest absolute Gasteiger partial charge is 0.458 e. The summed E-state index contributed by atoms with van der Waals surface area (Å²) >= 11 is 0. The Balaban J connectivity index is 1.000. The Morgan fingerprint density at radius 2 is 1.62 bits per heavy atom. The molecule has 0 amide bonds. The number of esters is 1. The maximum absolute atomic E-state index is 12.5. The Morgan fingerprint density at radius 1 is 0.880 bits per heavy atom. The molecule has 0 spiro atoms.